The van der Waals surface area contributed by atoms with Crippen LogP contribution >= 0.6 is 0 Å². The molecule has 0 atom stereocenters. The number of aryl methyl sites for hydroxylation is 1. The first-order valence-electron chi connectivity index (χ1n) is 11.5. The Bertz CT molecular complexity index is 1220. The number of carbonyl (C=O) groups excluding carboxylic acids is 2. The first-order chi connectivity index (χ1) is 16.4. The summed E-state index contributed by atoms with van der Waals surface area (Å²) in [5.74, 6) is -0.120. The Hall–Kier alpha value is -3.93. The molecule has 1 aliphatic heterocycles. The Morgan fingerprint density at radius 1 is 1.12 bits per heavy atom. The number of hydrogen-bond donors (Lipinski definition) is 1. The molecule has 1 aromatic heterocycles. The second kappa shape index (κ2) is 10.3. The lowest BCUT2D eigenvalue weighted by Gasteiger charge is -2.31. The van der Waals surface area contributed by atoms with Gasteiger partial charge in [-0.3, -0.25) is 14.6 Å². The maximum atomic E-state index is 13.2. The standard InChI is InChI=1S/C28H30N4O2/c1-20-26(18-30-27(33)13-12-21-8-5-4-6-9-21)25-14-15-32(19-23(25)17-29-20)28(34)22-10-7-11-24(16-22)31(2)3/h4-13,16-17H,14-15,18-19H2,1-3H3,(H,30,33)/b13-12+. The van der Waals surface area contributed by atoms with Crippen LogP contribution < -0.4 is 10.2 Å². The van der Waals surface area contributed by atoms with E-state index in [4.69, 9.17) is 0 Å². The summed E-state index contributed by atoms with van der Waals surface area (Å²) in [6, 6.07) is 17.4. The average molecular weight is 455 g/mol. The highest BCUT2D eigenvalue weighted by molar-refractivity contribution is 5.95. The van der Waals surface area contributed by atoms with Gasteiger partial charge in [-0.05, 0) is 59.9 Å². The highest BCUT2D eigenvalue weighted by Crippen LogP contribution is 2.25. The van der Waals surface area contributed by atoms with Crippen molar-refractivity contribution >= 4 is 23.6 Å². The van der Waals surface area contributed by atoms with E-state index < -0.39 is 0 Å². The van der Waals surface area contributed by atoms with Gasteiger partial charge in [0, 0.05) is 62.9 Å². The van der Waals surface area contributed by atoms with Gasteiger partial charge in [-0.1, -0.05) is 36.4 Å². The van der Waals surface area contributed by atoms with Crippen LogP contribution in [0, 0.1) is 6.92 Å². The van der Waals surface area contributed by atoms with Crippen molar-refractivity contribution in [3.63, 3.8) is 0 Å². The third-order valence-electron chi connectivity index (χ3n) is 6.16. The van der Waals surface area contributed by atoms with Crippen molar-refractivity contribution in [1.29, 1.82) is 0 Å². The molecule has 0 aliphatic carbocycles. The van der Waals surface area contributed by atoms with Crippen LogP contribution in [0.15, 0.2) is 66.9 Å². The second-order valence-electron chi connectivity index (χ2n) is 8.71. The van der Waals surface area contributed by atoms with E-state index >= 15 is 0 Å². The fourth-order valence-corrected chi connectivity index (χ4v) is 4.20. The molecule has 2 aromatic carbocycles. The summed E-state index contributed by atoms with van der Waals surface area (Å²) in [5, 5.41) is 2.99. The fourth-order valence-electron chi connectivity index (χ4n) is 4.20. The van der Waals surface area contributed by atoms with Gasteiger partial charge in [0.05, 0.1) is 0 Å². The largest absolute Gasteiger partial charge is 0.378 e. The van der Waals surface area contributed by atoms with Crippen molar-refractivity contribution in [1.82, 2.24) is 15.2 Å². The van der Waals surface area contributed by atoms with E-state index in [-0.39, 0.29) is 11.8 Å². The predicted octanol–water partition coefficient (Wildman–Crippen LogP) is 3.98. The average Bonchev–Trinajstić information content (AvgIpc) is 2.86. The normalized spacial score (nSPS) is 13.0. The first-order valence-corrected chi connectivity index (χ1v) is 11.5. The summed E-state index contributed by atoms with van der Waals surface area (Å²) in [6.07, 6.45) is 5.95. The van der Waals surface area contributed by atoms with E-state index in [1.165, 1.54) is 5.56 Å². The smallest absolute Gasteiger partial charge is 0.254 e. The van der Waals surface area contributed by atoms with Gasteiger partial charge in [-0.15, -0.1) is 0 Å². The molecule has 6 nitrogen and oxygen atoms in total. The molecule has 4 rings (SSSR count). The van der Waals surface area contributed by atoms with E-state index in [0.29, 0.717) is 25.2 Å². The molecule has 0 saturated carbocycles. The minimum Gasteiger partial charge on any atom is -0.378 e. The highest BCUT2D eigenvalue weighted by Gasteiger charge is 2.25. The van der Waals surface area contributed by atoms with E-state index in [0.717, 1.165) is 34.5 Å². The lowest BCUT2D eigenvalue weighted by molar-refractivity contribution is -0.116. The van der Waals surface area contributed by atoms with Gasteiger partial charge < -0.3 is 15.1 Å². The van der Waals surface area contributed by atoms with Crippen LogP contribution in [0.4, 0.5) is 5.69 Å². The molecular formula is C28H30N4O2. The van der Waals surface area contributed by atoms with E-state index in [2.05, 4.69) is 10.3 Å². The summed E-state index contributed by atoms with van der Waals surface area (Å²) < 4.78 is 0. The maximum absolute atomic E-state index is 13.2. The molecule has 0 saturated heterocycles. The summed E-state index contributed by atoms with van der Waals surface area (Å²) in [6.45, 7) is 3.53. The molecule has 6 heteroatoms. The molecule has 34 heavy (non-hydrogen) atoms. The van der Waals surface area contributed by atoms with Crippen LogP contribution in [-0.2, 0) is 24.3 Å². The SMILES string of the molecule is Cc1ncc2c(c1CNC(=O)/C=C/c1ccccc1)CCN(C(=O)c1cccc(N(C)C)c1)C2. The molecule has 0 spiro atoms. The summed E-state index contributed by atoms with van der Waals surface area (Å²) in [5.41, 5.74) is 6.84. The zero-order chi connectivity index (χ0) is 24.1. The highest BCUT2D eigenvalue weighted by atomic mass is 16.2. The first kappa shape index (κ1) is 23.2. The van der Waals surface area contributed by atoms with Gasteiger partial charge >= 0.3 is 0 Å². The lowest BCUT2D eigenvalue weighted by Crippen LogP contribution is -2.37. The fraction of sp³-hybridized carbons (Fsp3) is 0.250. The second-order valence-corrected chi connectivity index (χ2v) is 8.71. The molecule has 0 bridgehead atoms. The van der Waals surface area contributed by atoms with Crippen LogP contribution in [0.5, 0.6) is 0 Å². The number of amides is 2. The lowest BCUT2D eigenvalue weighted by atomic mass is 9.94. The van der Waals surface area contributed by atoms with Crippen LogP contribution in [-0.4, -0.2) is 42.3 Å². The number of carbonyl (C=O) groups is 2. The van der Waals surface area contributed by atoms with Crippen LogP contribution in [0.3, 0.4) is 0 Å². The van der Waals surface area contributed by atoms with Gasteiger partial charge in [0.1, 0.15) is 0 Å². The third-order valence-corrected chi connectivity index (χ3v) is 6.16. The van der Waals surface area contributed by atoms with Crippen LogP contribution in [0.1, 0.15) is 38.3 Å². The van der Waals surface area contributed by atoms with Crippen molar-refractivity contribution in [2.24, 2.45) is 0 Å². The third kappa shape index (κ3) is 5.34. The maximum Gasteiger partial charge on any atom is 0.254 e. The van der Waals surface area contributed by atoms with E-state index in [1.54, 1.807) is 12.2 Å². The van der Waals surface area contributed by atoms with Gasteiger partial charge in [0.2, 0.25) is 5.91 Å². The minimum absolute atomic E-state index is 0.0239. The summed E-state index contributed by atoms with van der Waals surface area (Å²) in [4.78, 5) is 33.9. The van der Waals surface area contributed by atoms with Crippen molar-refractivity contribution < 1.29 is 9.59 Å². The molecule has 0 fully saturated rings. The Morgan fingerprint density at radius 2 is 1.91 bits per heavy atom. The number of pyridine rings is 1. The number of hydrogen-bond acceptors (Lipinski definition) is 4. The minimum atomic E-state index is -0.144. The van der Waals surface area contributed by atoms with E-state index in [9.17, 15) is 9.59 Å². The number of aromatic nitrogens is 1. The topological polar surface area (TPSA) is 65.5 Å². The van der Waals surface area contributed by atoms with Crippen LogP contribution in [0.2, 0.25) is 0 Å². The molecule has 2 heterocycles. The van der Waals surface area contributed by atoms with Crippen molar-refractivity contribution in [2.75, 3.05) is 25.5 Å². The van der Waals surface area contributed by atoms with Crippen molar-refractivity contribution in [2.45, 2.75) is 26.4 Å². The number of anilines is 1. The molecule has 1 N–H and O–H groups in total. The van der Waals surface area contributed by atoms with Crippen molar-refractivity contribution in [3.8, 4) is 0 Å². The van der Waals surface area contributed by atoms with Crippen LogP contribution in [0.25, 0.3) is 6.08 Å². The zero-order valence-corrected chi connectivity index (χ0v) is 19.9. The van der Waals surface area contributed by atoms with Gasteiger partial charge in [0.25, 0.3) is 5.91 Å². The Morgan fingerprint density at radius 3 is 2.68 bits per heavy atom. The number of fused-ring (bicyclic) bond motifs is 1. The predicted molar refractivity (Wildman–Crippen MR) is 136 cm³/mol. The van der Waals surface area contributed by atoms with Gasteiger partial charge in [0.15, 0.2) is 0 Å². The number of nitrogens with zero attached hydrogens (tertiary/aromatic N) is 3. The molecule has 0 unspecified atom stereocenters. The van der Waals surface area contributed by atoms with Gasteiger partial charge in [-0.25, -0.2) is 0 Å². The van der Waals surface area contributed by atoms with Gasteiger partial charge in [-0.2, -0.15) is 0 Å². The monoisotopic (exact) mass is 454 g/mol. The quantitative estimate of drug-likeness (QED) is 0.572. The number of rotatable bonds is 6. The Labute approximate surface area is 200 Å². The molecule has 0 radical (unpaired) electrons. The molecule has 1 aliphatic rings. The summed E-state index contributed by atoms with van der Waals surface area (Å²) in [7, 11) is 3.93. The number of nitrogens with one attached hydrogen (secondary N) is 1. The molecular weight excluding hydrogens is 424 g/mol. The number of benzene rings is 2. The van der Waals surface area contributed by atoms with Crippen molar-refractivity contribution in [3.05, 3.63) is 100 Å². The molecule has 3 aromatic rings. The van der Waals surface area contributed by atoms with E-state index in [1.807, 2.05) is 91.6 Å². The Balaban J connectivity index is 1.45. The molecule has 174 valence electrons. The molecule has 2 amide bonds. The summed E-state index contributed by atoms with van der Waals surface area (Å²) >= 11 is 0. The zero-order valence-electron chi connectivity index (χ0n) is 19.9. The Kier molecular flexibility index (Phi) is 7.07.